The van der Waals surface area contributed by atoms with Crippen LogP contribution in [0.1, 0.15) is 0 Å². The van der Waals surface area contributed by atoms with Gasteiger partial charge in [0.25, 0.3) is 11.6 Å². The van der Waals surface area contributed by atoms with Crippen molar-refractivity contribution in [3.63, 3.8) is 0 Å². The Kier molecular flexibility index (Phi) is 5.31. The molecule has 1 aliphatic rings. The van der Waals surface area contributed by atoms with Gasteiger partial charge >= 0.3 is 0 Å². The van der Waals surface area contributed by atoms with E-state index in [-0.39, 0.29) is 24.0 Å². The maximum Gasteiger partial charge on any atom is 0.269 e. The predicted molar refractivity (Wildman–Crippen MR) is 93.8 cm³/mol. The van der Waals surface area contributed by atoms with Gasteiger partial charge < -0.3 is 14.5 Å². The molecule has 0 N–H and O–H groups in total. The van der Waals surface area contributed by atoms with E-state index in [4.69, 9.17) is 4.74 Å². The Balaban J connectivity index is 1.49. The van der Waals surface area contributed by atoms with E-state index in [1.54, 1.807) is 23.1 Å². The van der Waals surface area contributed by atoms with Crippen molar-refractivity contribution in [1.29, 1.82) is 0 Å². The molecule has 7 nitrogen and oxygen atoms in total. The highest BCUT2D eigenvalue weighted by Gasteiger charge is 2.23. The molecule has 1 fully saturated rings. The maximum atomic E-state index is 13.8. The maximum absolute atomic E-state index is 13.8. The Morgan fingerprint density at radius 1 is 1.08 bits per heavy atom. The lowest BCUT2D eigenvalue weighted by atomic mass is 10.2. The molecule has 8 heteroatoms. The van der Waals surface area contributed by atoms with Crippen LogP contribution in [0.25, 0.3) is 0 Å². The van der Waals surface area contributed by atoms with Crippen LogP contribution < -0.4 is 9.64 Å². The predicted octanol–water partition coefficient (Wildman–Crippen LogP) is 2.46. The summed E-state index contributed by atoms with van der Waals surface area (Å²) in [4.78, 5) is 26.0. The molecule has 0 atom stereocenters. The van der Waals surface area contributed by atoms with Gasteiger partial charge in [-0.3, -0.25) is 14.9 Å². The molecule has 26 heavy (non-hydrogen) atoms. The van der Waals surface area contributed by atoms with Gasteiger partial charge in [-0.25, -0.2) is 4.39 Å². The lowest BCUT2D eigenvalue weighted by Crippen LogP contribution is -2.50. The first-order chi connectivity index (χ1) is 12.5. The molecule has 1 amide bonds. The zero-order valence-electron chi connectivity index (χ0n) is 14.0. The van der Waals surface area contributed by atoms with Gasteiger partial charge in [0.2, 0.25) is 0 Å². The molecule has 1 saturated heterocycles. The van der Waals surface area contributed by atoms with Crippen molar-refractivity contribution in [1.82, 2.24) is 4.90 Å². The zero-order valence-corrected chi connectivity index (χ0v) is 14.0. The highest BCUT2D eigenvalue weighted by Crippen LogP contribution is 2.20. The molecule has 0 spiro atoms. The third kappa shape index (κ3) is 4.08. The number of non-ortho nitro benzene ring substituents is 1. The lowest BCUT2D eigenvalue weighted by molar-refractivity contribution is -0.384. The Bertz CT molecular complexity index is 789. The highest BCUT2D eigenvalue weighted by molar-refractivity contribution is 5.78. The van der Waals surface area contributed by atoms with E-state index in [0.29, 0.717) is 37.6 Å². The SMILES string of the molecule is O=C(COc1ccc([N+](=O)[O-])cc1)N1CCN(c2ccccc2F)CC1. The fourth-order valence-corrected chi connectivity index (χ4v) is 2.81. The van der Waals surface area contributed by atoms with Crippen molar-refractivity contribution in [2.45, 2.75) is 0 Å². The average Bonchev–Trinajstić information content (AvgIpc) is 2.67. The van der Waals surface area contributed by atoms with Crippen LogP contribution in [0.15, 0.2) is 48.5 Å². The second kappa shape index (κ2) is 7.81. The number of amides is 1. The third-order valence-corrected chi connectivity index (χ3v) is 4.24. The summed E-state index contributed by atoms with van der Waals surface area (Å²) in [5.41, 5.74) is 0.509. The quantitative estimate of drug-likeness (QED) is 0.605. The van der Waals surface area contributed by atoms with Crippen molar-refractivity contribution in [2.75, 3.05) is 37.7 Å². The Morgan fingerprint density at radius 2 is 1.73 bits per heavy atom. The molecule has 0 unspecified atom stereocenters. The summed E-state index contributed by atoms with van der Waals surface area (Å²) in [5, 5.41) is 10.6. The van der Waals surface area contributed by atoms with Crippen LogP contribution in [0.4, 0.5) is 15.8 Å². The number of piperazine rings is 1. The Morgan fingerprint density at radius 3 is 2.35 bits per heavy atom. The number of ether oxygens (including phenoxy) is 1. The van der Waals surface area contributed by atoms with Gasteiger partial charge in [-0.05, 0) is 24.3 Å². The summed E-state index contributed by atoms with van der Waals surface area (Å²) in [6.45, 7) is 1.92. The topological polar surface area (TPSA) is 75.9 Å². The lowest BCUT2D eigenvalue weighted by Gasteiger charge is -2.36. The smallest absolute Gasteiger partial charge is 0.269 e. The van der Waals surface area contributed by atoms with Crippen molar-refractivity contribution in [2.24, 2.45) is 0 Å². The van der Waals surface area contributed by atoms with E-state index >= 15 is 0 Å². The van der Waals surface area contributed by atoms with Crippen LogP contribution in [0.3, 0.4) is 0 Å². The monoisotopic (exact) mass is 359 g/mol. The van der Waals surface area contributed by atoms with E-state index in [2.05, 4.69) is 0 Å². The van der Waals surface area contributed by atoms with Crippen LogP contribution >= 0.6 is 0 Å². The first-order valence-corrected chi connectivity index (χ1v) is 8.19. The number of para-hydroxylation sites is 1. The number of anilines is 1. The number of rotatable bonds is 5. The second-order valence-electron chi connectivity index (χ2n) is 5.86. The van der Waals surface area contributed by atoms with E-state index in [1.165, 1.54) is 30.3 Å². The minimum atomic E-state index is -0.496. The number of carbonyl (C=O) groups excluding carboxylic acids is 1. The highest BCUT2D eigenvalue weighted by atomic mass is 19.1. The number of nitrogens with zero attached hydrogens (tertiary/aromatic N) is 3. The van der Waals surface area contributed by atoms with Crippen molar-refractivity contribution >= 4 is 17.3 Å². The summed E-state index contributed by atoms with van der Waals surface area (Å²) in [6.07, 6.45) is 0. The summed E-state index contributed by atoms with van der Waals surface area (Å²) in [5.74, 6) is -0.0424. The minimum absolute atomic E-state index is 0.0343. The summed E-state index contributed by atoms with van der Waals surface area (Å²) in [6, 6.07) is 12.2. The van der Waals surface area contributed by atoms with Crippen LogP contribution in [-0.2, 0) is 4.79 Å². The molecule has 136 valence electrons. The van der Waals surface area contributed by atoms with E-state index in [9.17, 15) is 19.3 Å². The first kappa shape index (κ1) is 17.7. The number of nitro groups is 1. The van der Waals surface area contributed by atoms with Gasteiger partial charge in [-0.1, -0.05) is 12.1 Å². The number of hydrogen-bond donors (Lipinski definition) is 0. The van der Waals surface area contributed by atoms with Crippen molar-refractivity contribution in [3.8, 4) is 5.75 Å². The number of nitro benzene ring substituents is 1. The Hall–Kier alpha value is -3.16. The molecule has 0 aromatic heterocycles. The Labute approximate surface area is 149 Å². The summed E-state index contributed by atoms with van der Waals surface area (Å²) < 4.78 is 19.2. The molecular formula is C18H18FN3O4. The van der Waals surface area contributed by atoms with E-state index < -0.39 is 4.92 Å². The first-order valence-electron chi connectivity index (χ1n) is 8.19. The van der Waals surface area contributed by atoms with Gasteiger partial charge in [-0.15, -0.1) is 0 Å². The van der Waals surface area contributed by atoms with Gasteiger partial charge in [0.1, 0.15) is 11.6 Å². The standard InChI is InChI=1S/C18H18FN3O4/c19-16-3-1-2-4-17(16)20-9-11-21(12-10-20)18(23)13-26-15-7-5-14(6-8-15)22(24)25/h1-8H,9-13H2. The van der Waals surface area contributed by atoms with Gasteiger partial charge in [0.15, 0.2) is 6.61 Å². The molecule has 2 aromatic carbocycles. The largest absolute Gasteiger partial charge is 0.484 e. The van der Waals surface area contributed by atoms with Crippen molar-refractivity contribution < 1.29 is 18.8 Å². The summed E-state index contributed by atoms with van der Waals surface area (Å²) in [7, 11) is 0. The van der Waals surface area contributed by atoms with Crippen molar-refractivity contribution in [3.05, 3.63) is 64.5 Å². The number of halogens is 1. The van der Waals surface area contributed by atoms with Crippen LogP contribution in [0, 0.1) is 15.9 Å². The molecule has 3 rings (SSSR count). The minimum Gasteiger partial charge on any atom is -0.484 e. The molecular weight excluding hydrogens is 341 g/mol. The average molecular weight is 359 g/mol. The third-order valence-electron chi connectivity index (χ3n) is 4.24. The summed E-state index contributed by atoms with van der Waals surface area (Å²) >= 11 is 0. The molecule has 1 heterocycles. The number of carbonyl (C=O) groups is 1. The molecule has 0 bridgehead atoms. The van der Waals surface area contributed by atoms with Crippen LogP contribution in [0.5, 0.6) is 5.75 Å². The fraction of sp³-hybridized carbons (Fsp3) is 0.278. The normalized spacial score (nSPS) is 14.2. The molecule has 2 aromatic rings. The van der Waals surface area contributed by atoms with E-state index in [0.717, 1.165) is 0 Å². The van der Waals surface area contributed by atoms with Gasteiger partial charge in [0, 0.05) is 38.3 Å². The van der Waals surface area contributed by atoms with Crippen LogP contribution in [0.2, 0.25) is 0 Å². The zero-order chi connectivity index (χ0) is 18.5. The molecule has 0 saturated carbocycles. The van der Waals surface area contributed by atoms with Gasteiger partial charge in [0.05, 0.1) is 10.6 Å². The number of benzene rings is 2. The second-order valence-corrected chi connectivity index (χ2v) is 5.86. The van der Waals surface area contributed by atoms with Gasteiger partial charge in [-0.2, -0.15) is 0 Å². The number of hydrogen-bond acceptors (Lipinski definition) is 5. The van der Waals surface area contributed by atoms with E-state index in [1.807, 2.05) is 4.90 Å². The molecule has 1 aliphatic heterocycles. The fourth-order valence-electron chi connectivity index (χ4n) is 2.81. The molecule has 0 radical (unpaired) electrons. The van der Waals surface area contributed by atoms with Crippen LogP contribution in [-0.4, -0.2) is 48.5 Å². The molecule has 0 aliphatic carbocycles.